The van der Waals surface area contributed by atoms with Gasteiger partial charge in [-0.05, 0) is 24.6 Å². The van der Waals surface area contributed by atoms with E-state index in [1.165, 1.54) is 0 Å². The van der Waals surface area contributed by atoms with E-state index in [0.29, 0.717) is 31.2 Å². The van der Waals surface area contributed by atoms with E-state index in [9.17, 15) is 9.59 Å². The van der Waals surface area contributed by atoms with Gasteiger partial charge in [-0.1, -0.05) is 24.4 Å². The van der Waals surface area contributed by atoms with Crippen molar-refractivity contribution in [3.8, 4) is 0 Å². The first-order valence-electron chi connectivity index (χ1n) is 9.29. The molecule has 1 aliphatic heterocycles. The zero-order valence-electron chi connectivity index (χ0n) is 16.1. The van der Waals surface area contributed by atoms with Crippen LogP contribution in [0, 0.1) is 0 Å². The smallest absolute Gasteiger partial charge is 0.317 e. The first-order valence-corrected chi connectivity index (χ1v) is 9.70. The number of thiocarbonyl (C=S) groups is 1. The Morgan fingerprint density at radius 3 is 1.71 bits per heavy atom. The van der Waals surface area contributed by atoms with Crippen LogP contribution >= 0.6 is 12.2 Å². The summed E-state index contributed by atoms with van der Waals surface area (Å²) in [4.78, 5) is 28.9. The van der Waals surface area contributed by atoms with Crippen molar-refractivity contribution in [3.63, 3.8) is 0 Å². The normalized spacial score (nSPS) is 17.3. The van der Waals surface area contributed by atoms with Gasteiger partial charge < -0.3 is 15.5 Å². The first-order chi connectivity index (χ1) is 13.3. The van der Waals surface area contributed by atoms with Crippen molar-refractivity contribution in [1.29, 1.82) is 0 Å². The third kappa shape index (κ3) is 8.30. The number of hydrogen-bond acceptors (Lipinski definition) is 6. The average Bonchev–Trinajstić information content (AvgIpc) is 2.68. The minimum atomic E-state index is -0.868. The predicted octanol–water partition coefficient (Wildman–Crippen LogP) is 1.03. The lowest BCUT2D eigenvalue weighted by atomic mass is 10.2. The fourth-order valence-electron chi connectivity index (χ4n) is 3.20. The van der Waals surface area contributed by atoms with Crippen LogP contribution in [0.2, 0.25) is 0 Å². The summed E-state index contributed by atoms with van der Waals surface area (Å²) >= 11 is 5.05. The third-order valence-corrected chi connectivity index (χ3v) is 4.70. The summed E-state index contributed by atoms with van der Waals surface area (Å²) < 4.78 is 0. The molecule has 0 atom stereocenters. The molecule has 0 amide bonds. The molecule has 1 aromatic rings. The van der Waals surface area contributed by atoms with Gasteiger partial charge in [0, 0.05) is 51.5 Å². The van der Waals surface area contributed by atoms with Crippen LogP contribution in [0.4, 0.5) is 5.69 Å². The van der Waals surface area contributed by atoms with Crippen LogP contribution in [-0.4, -0.2) is 94.2 Å². The van der Waals surface area contributed by atoms with E-state index in [4.69, 9.17) is 22.4 Å². The lowest BCUT2D eigenvalue weighted by molar-refractivity contribution is -0.140. The van der Waals surface area contributed by atoms with Gasteiger partial charge in [-0.2, -0.15) is 0 Å². The molecule has 9 heteroatoms. The number of nitrogens with one attached hydrogen (secondary N) is 1. The molecule has 1 heterocycles. The number of carboxylic acids is 2. The van der Waals surface area contributed by atoms with Crippen LogP contribution in [0.3, 0.4) is 0 Å². The Labute approximate surface area is 170 Å². The van der Waals surface area contributed by atoms with Gasteiger partial charge in [-0.3, -0.25) is 24.3 Å². The van der Waals surface area contributed by atoms with Gasteiger partial charge in [0.2, 0.25) is 0 Å². The summed E-state index contributed by atoms with van der Waals surface area (Å²) in [5, 5.41) is 21.3. The largest absolute Gasteiger partial charge is 0.480 e. The van der Waals surface area contributed by atoms with Gasteiger partial charge in [0.25, 0.3) is 0 Å². The van der Waals surface area contributed by atoms with Gasteiger partial charge in [0.05, 0.1) is 18.1 Å². The molecule has 1 aromatic carbocycles. The second kappa shape index (κ2) is 11.1. The van der Waals surface area contributed by atoms with Crippen LogP contribution in [0.1, 0.15) is 12.5 Å². The van der Waals surface area contributed by atoms with Crippen molar-refractivity contribution in [3.05, 3.63) is 29.8 Å². The molecule has 0 aromatic heterocycles. The van der Waals surface area contributed by atoms with Crippen LogP contribution < -0.4 is 5.32 Å². The maximum atomic E-state index is 11.1. The summed E-state index contributed by atoms with van der Waals surface area (Å²) in [5.41, 5.74) is 2.09. The number of anilines is 1. The SMILES string of the molecule is CC(=S)Nc1ccc(CN2CCN(CC(=O)O)CCN(CC(=O)O)CC2)cc1. The molecule has 1 aliphatic rings. The highest BCUT2D eigenvalue weighted by Gasteiger charge is 2.19. The van der Waals surface area contributed by atoms with E-state index in [0.717, 1.165) is 30.9 Å². The second-order valence-corrected chi connectivity index (χ2v) is 7.61. The molecule has 0 aliphatic carbocycles. The van der Waals surface area contributed by atoms with E-state index in [1.807, 2.05) is 41.0 Å². The Morgan fingerprint density at radius 2 is 1.32 bits per heavy atom. The number of aliphatic carboxylic acids is 2. The minimum absolute atomic E-state index is 0.0357. The number of hydrogen-bond donors (Lipinski definition) is 3. The first kappa shape index (κ1) is 22.2. The Bertz CT molecular complexity index is 655. The summed E-state index contributed by atoms with van der Waals surface area (Å²) in [6, 6.07) is 8.04. The van der Waals surface area contributed by atoms with Gasteiger partial charge in [-0.25, -0.2) is 0 Å². The standard InChI is InChI=1S/C19H28N4O4S/c1-15(28)20-17-4-2-16(3-5-17)12-21-6-8-22(13-18(24)25)10-11-23(9-7-21)14-19(26)27/h2-5H,6-14H2,1H3,(H,20,28)(H,24,25)(H,26,27). The molecular formula is C19H28N4O4S. The Balaban J connectivity index is 2.03. The molecule has 0 saturated carbocycles. The molecule has 28 heavy (non-hydrogen) atoms. The highest BCUT2D eigenvalue weighted by atomic mass is 32.1. The van der Waals surface area contributed by atoms with Crippen LogP contribution in [-0.2, 0) is 16.1 Å². The average molecular weight is 409 g/mol. The summed E-state index contributed by atoms with van der Waals surface area (Å²) in [5.74, 6) is -1.74. The summed E-state index contributed by atoms with van der Waals surface area (Å²) in [6.45, 7) is 6.30. The number of rotatable bonds is 7. The molecule has 0 spiro atoms. The quantitative estimate of drug-likeness (QED) is 0.572. The van der Waals surface area contributed by atoms with Crippen molar-refractivity contribution >= 4 is 34.8 Å². The van der Waals surface area contributed by atoms with Crippen molar-refractivity contribution < 1.29 is 19.8 Å². The number of carbonyl (C=O) groups is 2. The van der Waals surface area contributed by atoms with E-state index in [1.54, 1.807) is 0 Å². The molecule has 0 unspecified atom stereocenters. The molecule has 1 fully saturated rings. The molecule has 154 valence electrons. The van der Waals surface area contributed by atoms with Gasteiger partial charge in [0.1, 0.15) is 0 Å². The third-order valence-electron chi connectivity index (χ3n) is 4.60. The second-order valence-electron chi connectivity index (χ2n) is 6.99. The lowest BCUT2D eigenvalue weighted by Gasteiger charge is -2.25. The van der Waals surface area contributed by atoms with Gasteiger partial charge >= 0.3 is 11.9 Å². The number of carboxylic acid groups (broad SMARTS) is 2. The Kier molecular flexibility index (Phi) is 8.78. The van der Waals surface area contributed by atoms with E-state index in [2.05, 4.69) is 10.2 Å². The highest BCUT2D eigenvalue weighted by molar-refractivity contribution is 7.80. The van der Waals surface area contributed by atoms with Crippen molar-refractivity contribution in [2.75, 3.05) is 57.7 Å². The van der Waals surface area contributed by atoms with Crippen molar-refractivity contribution in [2.24, 2.45) is 0 Å². The molecular weight excluding hydrogens is 380 g/mol. The predicted molar refractivity (Wildman–Crippen MR) is 112 cm³/mol. The maximum Gasteiger partial charge on any atom is 0.317 e. The topological polar surface area (TPSA) is 96.4 Å². The van der Waals surface area contributed by atoms with Crippen molar-refractivity contribution in [2.45, 2.75) is 13.5 Å². The molecule has 0 radical (unpaired) electrons. The summed E-state index contributed by atoms with van der Waals surface area (Å²) in [7, 11) is 0. The molecule has 8 nitrogen and oxygen atoms in total. The van der Waals surface area contributed by atoms with Gasteiger partial charge in [0.15, 0.2) is 0 Å². The Hall–Kier alpha value is -2.07. The zero-order chi connectivity index (χ0) is 20.5. The van der Waals surface area contributed by atoms with Crippen LogP contribution in [0.25, 0.3) is 0 Å². The molecule has 2 rings (SSSR count). The number of nitrogens with zero attached hydrogens (tertiary/aromatic N) is 3. The fraction of sp³-hybridized carbons (Fsp3) is 0.526. The fourth-order valence-corrected chi connectivity index (χ4v) is 3.31. The zero-order valence-corrected chi connectivity index (χ0v) is 17.0. The summed E-state index contributed by atoms with van der Waals surface area (Å²) in [6.07, 6.45) is 0. The maximum absolute atomic E-state index is 11.1. The Morgan fingerprint density at radius 1 is 0.893 bits per heavy atom. The molecule has 1 saturated heterocycles. The lowest BCUT2D eigenvalue weighted by Crippen LogP contribution is -2.40. The molecule has 3 N–H and O–H groups in total. The van der Waals surface area contributed by atoms with E-state index >= 15 is 0 Å². The minimum Gasteiger partial charge on any atom is -0.480 e. The molecule has 0 bridgehead atoms. The van der Waals surface area contributed by atoms with E-state index in [-0.39, 0.29) is 13.1 Å². The van der Waals surface area contributed by atoms with Crippen LogP contribution in [0.5, 0.6) is 0 Å². The monoisotopic (exact) mass is 408 g/mol. The highest BCUT2D eigenvalue weighted by Crippen LogP contribution is 2.12. The van der Waals surface area contributed by atoms with Crippen LogP contribution in [0.15, 0.2) is 24.3 Å². The van der Waals surface area contributed by atoms with E-state index < -0.39 is 11.9 Å². The van der Waals surface area contributed by atoms with Crippen molar-refractivity contribution in [1.82, 2.24) is 14.7 Å². The van der Waals surface area contributed by atoms with Gasteiger partial charge in [-0.15, -0.1) is 0 Å². The number of benzene rings is 1.